The molecule has 2 heterocycles. The van der Waals surface area contributed by atoms with Crippen molar-refractivity contribution in [1.29, 1.82) is 0 Å². The van der Waals surface area contributed by atoms with E-state index in [1.807, 2.05) is 43.3 Å². The number of aromatic hydroxyl groups is 1. The number of methoxy groups -OCH3 is 1. The van der Waals surface area contributed by atoms with E-state index in [-0.39, 0.29) is 23.7 Å². The Morgan fingerprint density at radius 3 is 2.32 bits per heavy atom. The van der Waals surface area contributed by atoms with Gasteiger partial charge in [-0.3, -0.25) is 29.8 Å². The van der Waals surface area contributed by atoms with E-state index >= 15 is 0 Å². The molecule has 2 aliphatic heterocycles. The number of phenols is 1. The number of nitrogens with one attached hydrogen (secondary N) is 1. The maximum Gasteiger partial charge on any atom is 0.260 e. The number of hydroxylamine groups is 2. The fourth-order valence-electron chi connectivity index (χ4n) is 7.97. The molecule has 4 amide bonds. The molecule has 10 heteroatoms. The van der Waals surface area contributed by atoms with Crippen molar-refractivity contribution in [1.82, 2.24) is 10.1 Å². The number of hydrogen-bond donors (Lipinski definition) is 3. The zero-order chi connectivity index (χ0) is 30.9. The van der Waals surface area contributed by atoms with E-state index in [9.17, 15) is 29.5 Å². The Bertz CT molecular complexity index is 1740. The van der Waals surface area contributed by atoms with Crippen LogP contribution in [-0.4, -0.2) is 51.1 Å². The molecule has 2 saturated heterocycles. The van der Waals surface area contributed by atoms with Crippen molar-refractivity contribution in [2.45, 2.75) is 31.1 Å². The van der Waals surface area contributed by atoms with Crippen LogP contribution in [0, 0.1) is 30.6 Å². The van der Waals surface area contributed by atoms with E-state index < -0.39 is 58.6 Å². The van der Waals surface area contributed by atoms with Gasteiger partial charge in [0.05, 0.1) is 36.0 Å². The molecule has 1 saturated carbocycles. The van der Waals surface area contributed by atoms with Gasteiger partial charge in [0.15, 0.2) is 0 Å². The third kappa shape index (κ3) is 3.77. The largest absolute Gasteiger partial charge is 0.508 e. The second-order valence-corrected chi connectivity index (χ2v) is 12.0. The number of benzene rings is 3. The van der Waals surface area contributed by atoms with Crippen LogP contribution in [0.15, 0.2) is 84.4 Å². The van der Waals surface area contributed by atoms with Gasteiger partial charge in [-0.05, 0) is 49.4 Å². The Balaban J connectivity index is 1.47. The van der Waals surface area contributed by atoms with Crippen molar-refractivity contribution in [2.24, 2.45) is 23.7 Å². The van der Waals surface area contributed by atoms with Gasteiger partial charge in [-0.15, -0.1) is 0 Å². The summed E-state index contributed by atoms with van der Waals surface area (Å²) < 4.78 is 5.34. The maximum absolute atomic E-state index is 15.0. The Kier molecular flexibility index (Phi) is 6.36. The molecule has 0 radical (unpaired) electrons. The monoisotopic (exact) mass is 593 g/mol. The molecule has 3 N–H and O–H groups in total. The van der Waals surface area contributed by atoms with Gasteiger partial charge in [-0.2, -0.15) is 10.1 Å². The number of imide groups is 2. The van der Waals surface area contributed by atoms with Gasteiger partial charge < -0.3 is 9.84 Å². The van der Waals surface area contributed by atoms with Crippen LogP contribution in [0.3, 0.4) is 0 Å². The number of rotatable bonds is 5. The molecular weight excluding hydrogens is 562 g/mol. The second-order valence-electron chi connectivity index (χ2n) is 12.0. The van der Waals surface area contributed by atoms with E-state index in [4.69, 9.17) is 4.74 Å². The first-order valence-corrected chi connectivity index (χ1v) is 14.6. The summed E-state index contributed by atoms with van der Waals surface area (Å²) in [7, 11) is 1.48. The van der Waals surface area contributed by atoms with Gasteiger partial charge in [-0.25, -0.2) is 0 Å². The quantitative estimate of drug-likeness (QED) is 0.229. The van der Waals surface area contributed by atoms with Gasteiger partial charge in [0.1, 0.15) is 11.5 Å². The molecule has 0 bridgehead atoms. The summed E-state index contributed by atoms with van der Waals surface area (Å²) in [6, 6.07) is 21.2. The van der Waals surface area contributed by atoms with Crippen molar-refractivity contribution in [3.8, 4) is 11.5 Å². The number of carbonyl (C=O) groups excluding carboxylic acids is 4. The Hall–Kier alpha value is -4.96. The highest BCUT2D eigenvalue weighted by Gasteiger charge is 2.70. The lowest BCUT2D eigenvalue weighted by Crippen LogP contribution is -2.53. The lowest BCUT2D eigenvalue weighted by molar-refractivity contribution is -0.173. The van der Waals surface area contributed by atoms with Crippen molar-refractivity contribution in [3.05, 3.63) is 101 Å². The molecule has 6 atom stereocenters. The first-order valence-electron chi connectivity index (χ1n) is 14.6. The summed E-state index contributed by atoms with van der Waals surface area (Å²) in [6.45, 7) is 1.94. The summed E-state index contributed by atoms with van der Waals surface area (Å²) in [5.74, 6) is -6.21. The molecule has 44 heavy (non-hydrogen) atoms. The minimum atomic E-state index is -1.50. The van der Waals surface area contributed by atoms with Crippen LogP contribution in [-0.2, 0) is 24.6 Å². The minimum Gasteiger partial charge on any atom is -0.508 e. The average Bonchev–Trinajstić information content (AvgIpc) is 3.39. The number of nitrogens with zero attached hydrogens (tertiary/aromatic N) is 2. The predicted octanol–water partition coefficient (Wildman–Crippen LogP) is 4.08. The summed E-state index contributed by atoms with van der Waals surface area (Å²) in [5.41, 5.74) is 4.77. The molecule has 3 fully saturated rings. The minimum absolute atomic E-state index is 0.0961. The van der Waals surface area contributed by atoms with Crippen LogP contribution in [0.1, 0.15) is 35.4 Å². The standard InChI is InChI=1S/C34H31N3O7/c1-18-8-10-20(11-9-18)35-36-31(40)26-17-25-22(14-15-24-28(25)32(41)37(43)30(24)39)29(23-13-12-21(44-2)16-27(23)38)34(26,33(36)42)19-6-4-3-5-7-19/h3-14,16,24-26,28-29,35,38,43H,15,17H2,1-2H3/t24-,25+,26-,28-,29+,34+/m0/s1. The van der Waals surface area contributed by atoms with Crippen LogP contribution in [0.25, 0.3) is 0 Å². The number of ether oxygens (including phenoxy) is 1. The van der Waals surface area contributed by atoms with Gasteiger partial charge >= 0.3 is 0 Å². The fourth-order valence-corrected chi connectivity index (χ4v) is 7.97. The zero-order valence-electron chi connectivity index (χ0n) is 24.1. The third-order valence-corrected chi connectivity index (χ3v) is 9.92. The van der Waals surface area contributed by atoms with Gasteiger partial charge in [0.25, 0.3) is 23.6 Å². The highest BCUT2D eigenvalue weighted by Crippen LogP contribution is 2.64. The summed E-state index contributed by atoms with van der Waals surface area (Å²) in [6.07, 6.45) is 2.13. The van der Waals surface area contributed by atoms with Crippen molar-refractivity contribution in [3.63, 3.8) is 0 Å². The van der Waals surface area contributed by atoms with Gasteiger partial charge in [-0.1, -0.05) is 65.7 Å². The van der Waals surface area contributed by atoms with E-state index in [0.717, 1.165) is 10.6 Å². The zero-order valence-corrected chi connectivity index (χ0v) is 24.1. The van der Waals surface area contributed by atoms with Crippen LogP contribution < -0.4 is 10.2 Å². The van der Waals surface area contributed by atoms with E-state index in [1.54, 1.807) is 36.4 Å². The molecule has 3 aromatic rings. The molecular formula is C34H31N3O7. The van der Waals surface area contributed by atoms with E-state index in [0.29, 0.717) is 28.1 Å². The topological polar surface area (TPSA) is 136 Å². The number of anilines is 1. The Labute approximate surface area is 253 Å². The first-order chi connectivity index (χ1) is 21.2. The molecule has 224 valence electrons. The molecule has 0 aromatic heterocycles. The number of amides is 4. The first kappa shape index (κ1) is 27.8. The number of hydrogen-bond acceptors (Lipinski definition) is 8. The van der Waals surface area contributed by atoms with Crippen molar-refractivity contribution in [2.75, 3.05) is 12.5 Å². The molecule has 0 unspecified atom stereocenters. The van der Waals surface area contributed by atoms with Gasteiger partial charge in [0.2, 0.25) is 0 Å². The van der Waals surface area contributed by atoms with Crippen LogP contribution in [0.5, 0.6) is 11.5 Å². The van der Waals surface area contributed by atoms with Crippen molar-refractivity contribution < 1.29 is 34.2 Å². The second kappa shape index (κ2) is 10.1. The lowest BCUT2D eigenvalue weighted by Gasteiger charge is -2.50. The molecule has 4 aliphatic rings. The summed E-state index contributed by atoms with van der Waals surface area (Å²) in [5, 5.41) is 23.0. The van der Waals surface area contributed by atoms with E-state index in [1.165, 1.54) is 13.2 Å². The number of phenolic OH excluding ortho intramolecular Hbond substituents is 1. The number of carbonyl (C=O) groups is 4. The van der Waals surface area contributed by atoms with Crippen LogP contribution >= 0.6 is 0 Å². The van der Waals surface area contributed by atoms with Crippen LogP contribution in [0.2, 0.25) is 0 Å². The summed E-state index contributed by atoms with van der Waals surface area (Å²) in [4.78, 5) is 55.6. The average molecular weight is 594 g/mol. The fraction of sp³-hybridized carbons (Fsp3) is 0.294. The number of hydrazine groups is 1. The van der Waals surface area contributed by atoms with Crippen molar-refractivity contribution >= 4 is 29.3 Å². The maximum atomic E-state index is 15.0. The lowest BCUT2D eigenvalue weighted by atomic mass is 9.49. The smallest absolute Gasteiger partial charge is 0.260 e. The van der Waals surface area contributed by atoms with Gasteiger partial charge in [0, 0.05) is 17.5 Å². The van der Waals surface area contributed by atoms with Crippen LogP contribution in [0.4, 0.5) is 5.69 Å². The highest BCUT2D eigenvalue weighted by atomic mass is 16.5. The molecule has 7 rings (SSSR count). The molecule has 2 aliphatic carbocycles. The predicted molar refractivity (Wildman–Crippen MR) is 157 cm³/mol. The summed E-state index contributed by atoms with van der Waals surface area (Å²) >= 11 is 0. The highest BCUT2D eigenvalue weighted by molar-refractivity contribution is 6.13. The molecule has 10 nitrogen and oxygen atoms in total. The normalized spacial score (nSPS) is 29.2. The molecule has 3 aromatic carbocycles. The number of allylic oxidation sites excluding steroid dienone is 2. The molecule has 0 spiro atoms. The Morgan fingerprint density at radius 1 is 0.909 bits per heavy atom. The third-order valence-electron chi connectivity index (χ3n) is 9.92. The van der Waals surface area contributed by atoms with E-state index in [2.05, 4.69) is 5.43 Å². The Morgan fingerprint density at radius 2 is 1.64 bits per heavy atom. The number of aryl methyl sites for hydroxylation is 1. The number of fused-ring (bicyclic) bond motifs is 4. The SMILES string of the molecule is COc1ccc([C@H]2C3=CC[C@@H]4C(=O)N(O)C(=O)[C@@H]4[C@@H]3C[C@H]3C(=O)N(Nc4ccc(C)cc4)C(=O)[C@@]23c2ccccc2)c(O)c1.